The quantitative estimate of drug-likeness (QED) is 0.0305. The van der Waals surface area contributed by atoms with Crippen molar-refractivity contribution >= 4 is 96.4 Å². The van der Waals surface area contributed by atoms with Gasteiger partial charge in [0.2, 0.25) is 72.8 Å². The Morgan fingerprint density at radius 2 is 0.677 bits per heavy atom. The van der Waals surface area contributed by atoms with E-state index in [2.05, 4.69) is 41.0 Å². The van der Waals surface area contributed by atoms with Gasteiger partial charge < -0.3 is 72.1 Å². The molecule has 93 heavy (non-hydrogen) atoms. The smallest absolute Gasteiger partial charge is 0.251 e. The summed E-state index contributed by atoms with van der Waals surface area (Å²) in [6, 6.07) is 17.1. The lowest BCUT2D eigenvalue weighted by atomic mass is 9.82. The van der Waals surface area contributed by atoms with Gasteiger partial charge in [-0.15, -0.1) is 0 Å². The van der Waals surface area contributed by atoms with Crippen molar-refractivity contribution in [2.75, 3.05) is 13.2 Å². The molecule has 1 saturated carbocycles. The molecule has 3 fully saturated rings. The lowest BCUT2D eigenvalue weighted by Crippen LogP contribution is -2.71. The molecule has 2 heterocycles. The van der Waals surface area contributed by atoms with Gasteiger partial charge in [-0.1, -0.05) is 72.8 Å². The van der Waals surface area contributed by atoms with E-state index in [1.165, 1.54) is 84.9 Å². The Morgan fingerprint density at radius 3 is 1.06 bits per heavy atom. The van der Waals surface area contributed by atoms with Crippen LogP contribution in [0.25, 0.3) is 0 Å². The molecule has 2 saturated heterocycles. The average molecular weight is 1450 g/mol. The zero-order valence-electron chi connectivity index (χ0n) is 45.9. The molecule has 2 aliphatic heterocycles. The Balaban J connectivity index is 1.49. The molecule has 4 amide bonds. The zero-order valence-corrected chi connectivity index (χ0v) is 51.6. The Bertz CT molecular complexity index is 4130. The van der Waals surface area contributed by atoms with E-state index in [0.717, 1.165) is 36.4 Å². The van der Waals surface area contributed by atoms with Gasteiger partial charge in [-0.25, -0.2) is 58.9 Å². The number of carbonyl (C=O) groups is 4. The van der Waals surface area contributed by atoms with Gasteiger partial charge in [0.1, 0.15) is 54.9 Å². The minimum Gasteiger partial charge on any atom is -0.726 e. The largest absolute Gasteiger partial charge is 0.726 e. The zero-order chi connectivity index (χ0) is 68.6. The number of carbonyl (C=O) groups excluding carboxylic acids is 4. The molecule has 4 aromatic carbocycles. The van der Waals surface area contributed by atoms with Gasteiger partial charge in [0.25, 0.3) is 23.6 Å². The number of hydrogen-bond donors (Lipinski definition) is 4. The molecule has 0 radical (unpaired) electrons. The van der Waals surface area contributed by atoms with Gasteiger partial charge in [-0.2, -0.15) is 0 Å². The van der Waals surface area contributed by atoms with Crippen LogP contribution in [0.15, 0.2) is 121 Å². The van der Waals surface area contributed by atoms with Gasteiger partial charge in [0.05, 0.1) is 24.7 Å². The van der Waals surface area contributed by atoms with E-state index >= 15 is 0 Å². The predicted molar refractivity (Wildman–Crippen MR) is 287 cm³/mol. The van der Waals surface area contributed by atoms with Crippen LogP contribution >= 0.6 is 0 Å². The van der Waals surface area contributed by atoms with Gasteiger partial charge in [-0.3, -0.25) is 48.5 Å². The van der Waals surface area contributed by atoms with Crippen LogP contribution in [-0.4, -0.2) is 219 Å². The maximum atomic E-state index is 14.3. The lowest BCUT2D eigenvalue weighted by molar-refractivity contribution is -0.323. The van der Waals surface area contributed by atoms with E-state index in [9.17, 15) is 110 Å². The first kappa shape index (κ1) is 74.1. The van der Waals surface area contributed by atoms with Crippen LogP contribution < -0.4 is 21.3 Å². The summed E-state index contributed by atoms with van der Waals surface area (Å²) >= 11 is 0. The standard InChI is InChI=1S/C46H52N4O36S7/c51-41(24-13-5-1-6-14-24)47-22-30-36(82-89(61,62)63)39(85-92(70,71)72)40(86-93(73,74)75)46(77-30)80-34-29(49-43(53)26-17-9-3-10-18-26)21-28(48-42(52)25-15-7-2-8-16-25)33(38(34)84-91(67,68)69)79-45-37(83-90(64,65)66)32(50-44(54)27-19-11-4-12-20-27)35(81-88(58,59)60)31(78-45)23-76-87(55,56)57/h1-20,28-40,45-46H,21-23H2,(H,47,51)(H,48,52)(H,49,53)(H,50,54)(H,55,56,57)(H,58,59,60)(H,61,62,63)(H,64,65,66)(H,67,68,69)(H,70,71,72)(H,73,74,75)/p-7/t28-,29?,30?,31?,32+,33+,34?,35-,36?,37-,38-,39+,40-,45?,46+/m1/s1. The molecule has 6 unspecified atom stereocenters. The molecular weight excluding hydrogens is 1410 g/mol. The highest BCUT2D eigenvalue weighted by Gasteiger charge is 2.59. The number of benzene rings is 4. The van der Waals surface area contributed by atoms with Gasteiger partial charge in [0, 0.05) is 28.8 Å². The van der Waals surface area contributed by atoms with E-state index in [1.54, 1.807) is 0 Å². The SMILES string of the molecule is O=C(NCC1O[C@@H](OC2C(NC(=O)c3ccccc3)C[C@@H](NC(=O)c3ccccc3)[C@H](OC3OC(COS(=O)(=O)[O-])[C@@H](OS(=O)(=O)[O-])[C@H](NC(=O)c4ccccc4)[C@H]3OS(=O)(=O)[O-])[C@H]2OS(=O)(=O)[O-])[C@H](OS(=O)(=O)[O-])[C@@H](OS(=O)(=O)[O-])C1OS(=O)(=O)[O-])c1ccccc1. The van der Waals surface area contributed by atoms with E-state index < -0.39 is 213 Å². The monoisotopic (exact) mass is 1450 g/mol. The molecule has 40 nitrogen and oxygen atoms in total. The van der Waals surface area contributed by atoms with Crippen LogP contribution in [0.5, 0.6) is 0 Å². The molecule has 4 N–H and O–H groups in total. The molecule has 514 valence electrons. The predicted octanol–water partition coefficient (Wildman–Crippen LogP) is -5.01. The summed E-state index contributed by atoms with van der Waals surface area (Å²) in [5.41, 5.74) is -1.35. The molecular formula is C46H45N4O36S7-7. The molecule has 0 bridgehead atoms. The van der Waals surface area contributed by atoms with Crippen molar-refractivity contribution in [3.05, 3.63) is 144 Å². The van der Waals surface area contributed by atoms with Crippen LogP contribution in [-0.2, 0) is 121 Å². The molecule has 1 aliphatic carbocycles. The topological polar surface area (TPSA) is 618 Å². The number of rotatable bonds is 28. The van der Waals surface area contributed by atoms with Gasteiger partial charge >= 0.3 is 0 Å². The highest BCUT2D eigenvalue weighted by Crippen LogP contribution is 2.39. The third-order valence-corrected chi connectivity index (χ3v) is 16.2. The summed E-state index contributed by atoms with van der Waals surface area (Å²) in [6.45, 7) is -3.21. The second-order valence-electron chi connectivity index (χ2n) is 19.4. The third-order valence-electron chi connectivity index (χ3n) is 13.1. The van der Waals surface area contributed by atoms with Crippen LogP contribution in [0.4, 0.5) is 0 Å². The fourth-order valence-corrected chi connectivity index (χ4v) is 12.9. The van der Waals surface area contributed by atoms with Crippen molar-refractivity contribution in [2.24, 2.45) is 0 Å². The number of ether oxygens (including phenoxy) is 4. The summed E-state index contributed by atoms with van der Waals surface area (Å²) in [7, 11) is -44.7. The molecule has 15 atom stereocenters. The van der Waals surface area contributed by atoms with Crippen molar-refractivity contribution in [3.8, 4) is 0 Å². The maximum absolute atomic E-state index is 14.3. The van der Waals surface area contributed by atoms with Crippen molar-refractivity contribution in [1.82, 2.24) is 21.3 Å². The minimum atomic E-state index is -6.59. The number of amides is 4. The van der Waals surface area contributed by atoms with Crippen LogP contribution in [0.2, 0.25) is 0 Å². The highest BCUT2D eigenvalue weighted by atomic mass is 32.3. The molecule has 47 heteroatoms. The summed E-state index contributed by atoms with van der Waals surface area (Å²) in [5.74, 6) is -5.16. The van der Waals surface area contributed by atoms with E-state index in [0.29, 0.717) is 0 Å². The number of nitrogens with one attached hydrogen (secondary N) is 4. The van der Waals surface area contributed by atoms with Crippen molar-refractivity contribution in [1.29, 1.82) is 0 Å². The Morgan fingerprint density at radius 1 is 0.366 bits per heavy atom. The van der Waals surface area contributed by atoms with E-state index in [4.69, 9.17) is 23.1 Å². The second kappa shape index (κ2) is 30.2. The fraction of sp³-hybridized carbons (Fsp3) is 0.391. The summed E-state index contributed by atoms with van der Waals surface area (Å²) in [4.78, 5) is 55.9. The van der Waals surface area contributed by atoms with Gasteiger partial charge in [-0.05, 0) is 55.0 Å². The van der Waals surface area contributed by atoms with Crippen LogP contribution in [0, 0.1) is 0 Å². The van der Waals surface area contributed by atoms with Crippen LogP contribution in [0.1, 0.15) is 47.9 Å². The first-order valence-corrected chi connectivity index (χ1v) is 34.9. The third kappa shape index (κ3) is 22.7. The van der Waals surface area contributed by atoms with E-state index in [1.807, 2.05) is 5.32 Å². The average Bonchev–Trinajstić information content (AvgIpc) is 0.771. The molecule has 3 aliphatic rings. The summed E-state index contributed by atoms with van der Waals surface area (Å²) in [6.07, 6.45) is -38.1. The molecule has 0 aromatic heterocycles. The molecule has 7 rings (SSSR count). The first-order valence-electron chi connectivity index (χ1n) is 25.6. The highest BCUT2D eigenvalue weighted by molar-refractivity contribution is 7.82. The number of hydrogen-bond acceptors (Lipinski definition) is 36. The summed E-state index contributed by atoms with van der Waals surface area (Å²) in [5, 5.41) is 8.67. The summed E-state index contributed by atoms with van der Waals surface area (Å²) < 4.78 is 319. The Hall–Kier alpha value is -6.31. The first-order chi connectivity index (χ1) is 43.1. The maximum Gasteiger partial charge on any atom is 0.251 e. The molecule has 4 aromatic rings. The normalized spacial score (nSPS) is 27.5. The van der Waals surface area contributed by atoms with E-state index in [-0.39, 0.29) is 16.7 Å². The van der Waals surface area contributed by atoms with Crippen molar-refractivity contribution in [2.45, 2.75) is 98.2 Å². The van der Waals surface area contributed by atoms with Crippen molar-refractivity contribution < 1.29 is 158 Å². The second-order valence-corrected chi connectivity index (χ2v) is 26.5. The Labute approximate surface area is 528 Å². The Kier molecular flexibility index (Phi) is 24.0. The lowest BCUT2D eigenvalue weighted by Gasteiger charge is -2.52. The fourth-order valence-electron chi connectivity index (χ4n) is 9.62. The van der Waals surface area contributed by atoms with Crippen molar-refractivity contribution in [3.63, 3.8) is 0 Å². The van der Waals surface area contributed by atoms with Gasteiger partial charge in [0.15, 0.2) is 18.7 Å². The molecule has 0 spiro atoms. The van der Waals surface area contributed by atoms with Crippen LogP contribution in [0.3, 0.4) is 0 Å². The minimum absolute atomic E-state index is 0.221.